The lowest BCUT2D eigenvalue weighted by molar-refractivity contribution is -0.116. The maximum Gasteiger partial charge on any atom is 0.252 e. The Morgan fingerprint density at radius 1 is 1.27 bits per heavy atom. The van der Waals surface area contributed by atoms with E-state index in [0.717, 1.165) is 27.5 Å². The van der Waals surface area contributed by atoms with Gasteiger partial charge in [0, 0.05) is 23.2 Å². The zero-order valence-corrected chi connectivity index (χ0v) is 15.9. The summed E-state index contributed by atoms with van der Waals surface area (Å²) in [6.07, 6.45) is 2.44. The van der Waals surface area contributed by atoms with Crippen LogP contribution < -0.4 is 5.32 Å². The molecular formula is C17H16N6OS2. The smallest absolute Gasteiger partial charge is 0.252 e. The SMILES string of the molecule is Cc1nc2ncnn2c(C)c1CCC(=O)Nc1nc(-c2cccs2)cs1. The first kappa shape index (κ1) is 16.8. The maximum atomic E-state index is 12.3. The molecule has 1 amide bonds. The van der Waals surface area contributed by atoms with Crippen molar-refractivity contribution < 1.29 is 4.79 Å². The molecule has 9 heteroatoms. The standard InChI is InChI=1S/C17H16N6OS2/c1-10-12(11(2)23-16(20-10)18-9-19-23)5-6-15(24)22-17-21-13(8-26-17)14-4-3-7-25-14/h3-4,7-9H,5-6H2,1-2H3,(H,21,22,24). The van der Waals surface area contributed by atoms with Crippen LogP contribution in [0.4, 0.5) is 5.13 Å². The first-order valence-electron chi connectivity index (χ1n) is 8.07. The molecule has 0 radical (unpaired) electrons. The molecule has 4 rings (SSSR count). The number of thiazole rings is 1. The third-order valence-corrected chi connectivity index (χ3v) is 5.76. The van der Waals surface area contributed by atoms with Gasteiger partial charge in [0.25, 0.3) is 5.78 Å². The van der Waals surface area contributed by atoms with E-state index in [1.165, 1.54) is 17.7 Å². The van der Waals surface area contributed by atoms with Crippen molar-refractivity contribution >= 4 is 39.5 Å². The zero-order chi connectivity index (χ0) is 18.1. The number of nitrogens with zero attached hydrogens (tertiary/aromatic N) is 5. The van der Waals surface area contributed by atoms with Gasteiger partial charge >= 0.3 is 0 Å². The number of rotatable bonds is 5. The molecule has 1 N–H and O–H groups in total. The van der Waals surface area contributed by atoms with Gasteiger partial charge in [-0.05, 0) is 37.3 Å². The molecular weight excluding hydrogens is 368 g/mol. The van der Waals surface area contributed by atoms with Crippen LogP contribution in [0.3, 0.4) is 0 Å². The van der Waals surface area contributed by atoms with Gasteiger partial charge in [-0.2, -0.15) is 10.1 Å². The number of amides is 1. The summed E-state index contributed by atoms with van der Waals surface area (Å²) in [5.74, 6) is 0.520. The molecule has 0 saturated carbocycles. The van der Waals surface area contributed by atoms with Gasteiger partial charge in [-0.1, -0.05) is 6.07 Å². The molecule has 0 aromatic carbocycles. The highest BCUT2D eigenvalue weighted by molar-refractivity contribution is 7.16. The van der Waals surface area contributed by atoms with E-state index in [9.17, 15) is 4.79 Å². The van der Waals surface area contributed by atoms with Crippen molar-refractivity contribution in [1.29, 1.82) is 0 Å². The predicted molar refractivity (Wildman–Crippen MR) is 103 cm³/mol. The van der Waals surface area contributed by atoms with Crippen molar-refractivity contribution in [3.05, 3.63) is 46.2 Å². The van der Waals surface area contributed by atoms with E-state index in [2.05, 4.69) is 25.4 Å². The average molecular weight is 384 g/mol. The number of hydrogen-bond acceptors (Lipinski definition) is 7. The minimum absolute atomic E-state index is 0.0606. The van der Waals surface area contributed by atoms with E-state index in [1.807, 2.05) is 36.7 Å². The molecule has 0 aliphatic carbocycles. The fourth-order valence-electron chi connectivity index (χ4n) is 2.81. The van der Waals surface area contributed by atoms with Crippen LogP contribution in [0, 0.1) is 13.8 Å². The van der Waals surface area contributed by atoms with Crippen molar-refractivity contribution in [2.75, 3.05) is 5.32 Å². The van der Waals surface area contributed by atoms with Gasteiger partial charge in [-0.15, -0.1) is 22.7 Å². The molecule has 132 valence electrons. The van der Waals surface area contributed by atoms with Gasteiger partial charge in [-0.3, -0.25) is 4.79 Å². The second kappa shape index (κ2) is 6.93. The summed E-state index contributed by atoms with van der Waals surface area (Å²) in [6, 6.07) is 4.01. The van der Waals surface area contributed by atoms with Crippen LogP contribution in [0.15, 0.2) is 29.2 Å². The van der Waals surface area contributed by atoms with Gasteiger partial charge in [0.15, 0.2) is 5.13 Å². The summed E-state index contributed by atoms with van der Waals surface area (Å²) in [7, 11) is 0. The van der Waals surface area contributed by atoms with Crippen molar-refractivity contribution in [3.8, 4) is 10.6 Å². The minimum Gasteiger partial charge on any atom is -0.302 e. The van der Waals surface area contributed by atoms with E-state index in [1.54, 1.807) is 15.9 Å². The fraction of sp³-hybridized carbons (Fsp3) is 0.235. The largest absolute Gasteiger partial charge is 0.302 e. The first-order chi connectivity index (χ1) is 12.6. The lowest BCUT2D eigenvalue weighted by atomic mass is 10.1. The Kier molecular flexibility index (Phi) is 4.48. The molecule has 0 bridgehead atoms. The fourth-order valence-corrected chi connectivity index (χ4v) is 4.29. The monoisotopic (exact) mass is 384 g/mol. The summed E-state index contributed by atoms with van der Waals surface area (Å²) in [4.78, 5) is 26.4. The lowest BCUT2D eigenvalue weighted by Gasteiger charge is -2.10. The number of fused-ring (bicyclic) bond motifs is 1. The minimum atomic E-state index is -0.0606. The van der Waals surface area contributed by atoms with Gasteiger partial charge in [-0.25, -0.2) is 14.5 Å². The highest BCUT2D eigenvalue weighted by Crippen LogP contribution is 2.28. The predicted octanol–water partition coefficient (Wildman–Crippen LogP) is 3.50. The Balaban J connectivity index is 1.43. The highest BCUT2D eigenvalue weighted by atomic mass is 32.1. The molecule has 4 heterocycles. The van der Waals surface area contributed by atoms with Crippen molar-refractivity contribution in [2.45, 2.75) is 26.7 Å². The summed E-state index contributed by atoms with van der Waals surface area (Å²) in [6.45, 7) is 3.90. The van der Waals surface area contributed by atoms with E-state index >= 15 is 0 Å². The Labute approximate surface area is 157 Å². The number of nitrogens with one attached hydrogen (secondary N) is 1. The van der Waals surface area contributed by atoms with Crippen LogP contribution in [0.5, 0.6) is 0 Å². The Bertz CT molecular complexity index is 1070. The van der Waals surface area contributed by atoms with Gasteiger partial charge in [0.1, 0.15) is 6.33 Å². The molecule has 0 saturated heterocycles. The van der Waals surface area contributed by atoms with Crippen LogP contribution in [-0.2, 0) is 11.2 Å². The van der Waals surface area contributed by atoms with E-state index in [0.29, 0.717) is 23.8 Å². The van der Waals surface area contributed by atoms with Gasteiger partial charge in [0.2, 0.25) is 5.91 Å². The molecule has 7 nitrogen and oxygen atoms in total. The first-order valence-corrected chi connectivity index (χ1v) is 9.83. The van der Waals surface area contributed by atoms with Crippen LogP contribution in [0.2, 0.25) is 0 Å². The van der Waals surface area contributed by atoms with Gasteiger partial charge < -0.3 is 5.32 Å². The van der Waals surface area contributed by atoms with Crippen LogP contribution >= 0.6 is 22.7 Å². The number of carbonyl (C=O) groups excluding carboxylic acids is 1. The Morgan fingerprint density at radius 2 is 2.15 bits per heavy atom. The zero-order valence-electron chi connectivity index (χ0n) is 14.3. The Hall–Kier alpha value is -2.65. The molecule has 0 spiro atoms. The number of aryl methyl sites for hydroxylation is 2. The number of carbonyl (C=O) groups is 1. The highest BCUT2D eigenvalue weighted by Gasteiger charge is 2.14. The summed E-state index contributed by atoms with van der Waals surface area (Å²) >= 11 is 3.07. The van der Waals surface area contributed by atoms with Crippen LogP contribution in [0.25, 0.3) is 16.3 Å². The molecule has 0 unspecified atom stereocenters. The average Bonchev–Trinajstić information content (AvgIpc) is 3.35. The second-order valence-electron chi connectivity index (χ2n) is 5.80. The maximum absolute atomic E-state index is 12.3. The molecule has 0 aliphatic rings. The second-order valence-corrected chi connectivity index (χ2v) is 7.60. The summed E-state index contributed by atoms with van der Waals surface area (Å²) in [5.41, 5.74) is 3.77. The van der Waals surface area contributed by atoms with E-state index in [4.69, 9.17) is 0 Å². The number of anilines is 1. The third kappa shape index (κ3) is 3.23. The molecule has 4 aromatic heterocycles. The number of thiophene rings is 1. The van der Waals surface area contributed by atoms with Crippen molar-refractivity contribution in [3.63, 3.8) is 0 Å². The van der Waals surface area contributed by atoms with Crippen molar-refractivity contribution in [2.24, 2.45) is 0 Å². The van der Waals surface area contributed by atoms with Gasteiger partial charge in [0.05, 0.1) is 10.6 Å². The number of aromatic nitrogens is 5. The van der Waals surface area contributed by atoms with E-state index < -0.39 is 0 Å². The molecule has 0 aliphatic heterocycles. The molecule has 0 atom stereocenters. The van der Waals surface area contributed by atoms with Crippen LogP contribution in [0.1, 0.15) is 23.4 Å². The molecule has 4 aromatic rings. The normalized spacial score (nSPS) is 11.2. The van der Waals surface area contributed by atoms with E-state index in [-0.39, 0.29) is 5.91 Å². The lowest BCUT2D eigenvalue weighted by Crippen LogP contribution is -2.14. The Morgan fingerprint density at radius 3 is 2.96 bits per heavy atom. The topological polar surface area (TPSA) is 85.1 Å². The van der Waals surface area contributed by atoms with Crippen LogP contribution in [-0.4, -0.2) is 30.5 Å². The summed E-state index contributed by atoms with van der Waals surface area (Å²) < 4.78 is 1.70. The summed E-state index contributed by atoms with van der Waals surface area (Å²) in [5, 5.41) is 11.7. The third-order valence-electron chi connectivity index (χ3n) is 4.11. The molecule has 0 fully saturated rings. The molecule has 26 heavy (non-hydrogen) atoms. The van der Waals surface area contributed by atoms with Crippen molar-refractivity contribution in [1.82, 2.24) is 24.6 Å². The quantitative estimate of drug-likeness (QED) is 0.569. The number of hydrogen-bond donors (Lipinski definition) is 1.